The van der Waals surface area contributed by atoms with Gasteiger partial charge in [-0.25, -0.2) is 0 Å². The van der Waals surface area contributed by atoms with Crippen LogP contribution in [0.5, 0.6) is 0 Å². The van der Waals surface area contributed by atoms with Gasteiger partial charge in [0.15, 0.2) is 5.96 Å². The minimum absolute atomic E-state index is 0. The molecule has 0 amide bonds. The maximum Gasteiger partial charge on any atom is 0.191 e. The highest BCUT2D eigenvalue weighted by atomic mass is 127. The molecule has 4 rings (SSSR count). The lowest BCUT2D eigenvalue weighted by molar-refractivity contribution is 0.215. The molecule has 4 heterocycles. The summed E-state index contributed by atoms with van der Waals surface area (Å²) in [4.78, 5) is 11.0. The van der Waals surface area contributed by atoms with E-state index >= 15 is 0 Å². The Hall–Kier alpha value is -1.10. The molecule has 30 heavy (non-hydrogen) atoms. The zero-order chi connectivity index (χ0) is 19.9. The van der Waals surface area contributed by atoms with Crippen LogP contribution in [0.15, 0.2) is 45.3 Å². The Kier molecular flexibility index (Phi) is 9.48. The molecule has 2 unspecified atom stereocenters. The summed E-state index contributed by atoms with van der Waals surface area (Å²) in [5.74, 6) is 1.89. The average Bonchev–Trinajstić information content (AvgIpc) is 3.55. The van der Waals surface area contributed by atoms with Crippen LogP contribution in [0.3, 0.4) is 0 Å². The first kappa shape index (κ1) is 23.6. The summed E-state index contributed by atoms with van der Waals surface area (Å²) in [5.41, 5.74) is 0. The largest absolute Gasteiger partial charge is 0.468 e. The molecule has 6 nitrogen and oxygen atoms in total. The quantitative estimate of drug-likeness (QED) is 0.299. The lowest BCUT2D eigenvalue weighted by atomic mass is 10.2. The van der Waals surface area contributed by atoms with Crippen LogP contribution in [0, 0.1) is 0 Å². The molecule has 0 aromatic carbocycles. The van der Waals surface area contributed by atoms with E-state index in [1.165, 1.54) is 43.6 Å². The Morgan fingerprint density at radius 2 is 1.63 bits per heavy atom. The van der Waals surface area contributed by atoms with Crippen molar-refractivity contribution >= 4 is 41.3 Å². The Morgan fingerprint density at radius 1 is 1.00 bits per heavy atom. The van der Waals surface area contributed by atoms with Gasteiger partial charge >= 0.3 is 0 Å². The molecule has 166 valence electrons. The molecule has 2 aliphatic rings. The lowest BCUT2D eigenvalue weighted by Crippen LogP contribution is -2.45. The van der Waals surface area contributed by atoms with E-state index in [2.05, 4.69) is 49.0 Å². The number of nitrogens with one attached hydrogen (secondary N) is 2. The Morgan fingerprint density at radius 3 is 2.17 bits per heavy atom. The number of aliphatic imine (C=N–C) groups is 1. The minimum Gasteiger partial charge on any atom is -0.468 e. The maximum atomic E-state index is 5.74. The second-order valence-corrected chi connectivity index (χ2v) is 8.86. The van der Waals surface area contributed by atoms with Crippen LogP contribution in [0.2, 0.25) is 0 Å². The predicted molar refractivity (Wildman–Crippen MR) is 135 cm³/mol. The molecule has 2 N–H and O–H groups in total. The average molecular weight is 544 g/mol. The molecule has 0 aliphatic carbocycles. The number of likely N-dealkylation sites (tertiary alicyclic amines) is 2. The van der Waals surface area contributed by atoms with Crippen molar-refractivity contribution in [2.45, 2.75) is 37.8 Å². The molecule has 0 radical (unpaired) electrons. The van der Waals surface area contributed by atoms with Crippen LogP contribution in [0.1, 0.15) is 48.4 Å². The highest BCUT2D eigenvalue weighted by molar-refractivity contribution is 14.0. The van der Waals surface area contributed by atoms with Crippen molar-refractivity contribution in [3.8, 4) is 0 Å². The minimum atomic E-state index is 0. The molecular weight excluding hydrogens is 509 g/mol. The molecule has 8 heteroatoms. The van der Waals surface area contributed by atoms with Crippen LogP contribution in [0.25, 0.3) is 0 Å². The number of thiophene rings is 1. The fraction of sp³-hybridized carbons (Fsp3) is 0.591. The molecule has 2 saturated heterocycles. The standard InChI is InChI=1S/C22H33N5OS.HI/c1-23-22(24-16-18(20-8-6-14-28-20)26-10-2-3-11-26)25-17-19(21-9-7-15-29-21)27-12-4-5-13-27;/h6-9,14-15,18-19H,2-5,10-13,16-17H2,1H3,(H2,23,24,25);1H. The van der Waals surface area contributed by atoms with Crippen LogP contribution < -0.4 is 10.6 Å². The van der Waals surface area contributed by atoms with Crippen LogP contribution >= 0.6 is 35.3 Å². The number of hydrogen-bond acceptors (Lipinski definition) is 5. The van der Waals surface area contributed by atoms with Crippen molar-refractivity contribution in [3.63, 3.8) is 0 Å². The molecule has 0 saturated carbocycles. The Labute approximate surface area is 201 Å². The number of rotatable bonds is 8. The van der Waals surface area contributed by atoms with E-state index in [0.29, 0.717) is 6.04 Å². The van der Waals surface area contributed by atoms with Gasteiger partial charge < -0.3 is 15.1 Å². The highest BCUT2D eigenvalue weighted by Crippen LogP contribution is 2.28. The molecule has 2 aliphatic heterocycles. The Balaban J connectivity index is 0.00000256. The van der Waals surface area contributed by atoms with Crippen molar-refractivity contribution < 1.29 is 4.42 Å². The smallest absolute Gasteiger partial charge is 0.191 e. The van der Waals surface area contributed by atoms with Crippen molar-refractivity contribution in [3.05, 3.63) is 46.5 Å². The summed E-state index contributed by atoms with van der Waals surface area (Å²) in [7, 11) is 1.85. The number of hydrogen-bond donors (Lipinski definition) is 2. The molecule has 2 aromatic heterocycles. The van der Waals surface area contributed by atoms with Crippen molar-refractivity contribution in [1.82, 2.24) is 20.4 Å². The first-order valence-corrected chi connectivity index (χ1v) is 11.7. The SMILES string of the molecule is CN=C(NCC(c1ccco1)N1CCCC1)NCC(c1cccs1)N1CCCC1.I. The second kappa shape index (κ2) is 12.1. The third-order valence-electron chi connectivity index (χ3n) is 6.06. The van der Waals surface area contributed by atoms with Gasteiger partial charge in [0.2, 0.25) is 0 Å². The summed E-state index contributed by atoms with van der Waals surface area (Å²) in [5, 5.41) is 9.30. The number of nitrogens with zero attached hydrogens (tertiary/aromatic N) is 3. The Bertz CT molecular complexity index is 679. The van der Waals surface area contributed by atoms with Gasteiger partial charge in [-0.15, -0.1) is 35.3 Å². The summed E-state index contributed by atoms with van der Waals surface area (Å²) < 4.78 is 5.74. The fourth-order valence-electron chi connectivity index (χ4n) is 4.49. The number of halogens is 1. The normalized spacial score (nSPS) is 20.1. The predicted octanol–water partition coefficient (Wildman–Crippen LogP) is 4.10. The zero-order valence-corrected chi connectivity index (χ0v) is 20.9. The van der Waals surface area contributed by atoms with Crippen molar-refractivity contribution in [2.24, 2.45) is 4.99 Å². The van der Waals surface area contributed by atoms with E-state index < -0.39 is 0 Å². The van der Waals surface area contributed by atoms with Gasteiger partial charge in [0.05, 0.1) is 18.3 Å². The monoisotopic (exact) mass is 543 g/mol. The summed E-state index contributed by atoms with van der Waals surface area (Å²) in [6.07, 6.45) is 6.91. The highest BCUT2D eigenvalue weighted by Gasteiger charge is 2.27. The van der Waals surface area contributed by atoms with Crippen LogP contribution in [-0.2, 0) is 0 Å². The first-order valence-electron chi connectivity index (χ1n) is 10.8. The summed E-state index contributed by atoms with van der Waals surface area (Å²) in [6.45, 7) is 6.30. The lowest BCUT2D eigenvalue weighted by Gasteiger charge is -2.29. The van der Waals surface area contributed by atoms with E-state index in [9.17, 15) is 0 Å². The van der Waals surface area contributed by atoms with E-state index in [-0.39, 0.29) is 30.0 Å². The number of furan rings is 1. The van der Waals surface area contributed by atoms with Gasteiger partial charge in [-0.2, -0.15) is 0 Å². The van der Waals surface area contributed by atoms with Gasteiger partial charge in [0.25, 0.3) is 0 Å². The molecule has 2 aromatic rings. The summed E-state index contributed by atoms with van der Waals surface area (Å²) >= 11 is 1.85. The molecule has 2 atom stereocenters. The fourth-order valence-corrected chi connectivity index (χ4v) is 5.36. The maximum absolute atomic E-state index is 5.74. The third-order valence-corrected chi connectivity index (χ3v) is 7.03. The molecular formula is C22H34IN5OS. The van der Waals surface area contributed by atoms with E-state index in [4.69, 9.17) is 4.42 Å². The second-order valence-electron chi connectivity index (χ2n) is 7.88. The van der Waals surface area contributed by atoms with Gasteiger partial charge in [-0.1, -0.05) is 6.07 Å². The van der Waals surface area contributed by atoms with Gasteiger partial charge in [-0.05, 0) is 75.4 Å². The molecule has 0 spiro atoms. The number of guanidine groups is 1. The van der Waals surface area contributed by atoms with E-state index in [0.717, 1.165) is 37.9 Å². The third kappa shape index (κ3) is 5.99. The van der Waals surface area contributed by atoms with Gasteiger partial charge in [0.1, 0.15) is 5.76 Å². The summed E-state index contributed by atoms with van der Waals surface area (Å²) in [6, 6.07) is 9.13. The van der Waals surface area contributed by atoms with E-state index in [1.807, 2.05) is 24.5 Å². The van der Waals surface area contributed by atoms with Crippen LogP contribution in [0.4, 0.5) is 0 Å². The molecule has 0 bridgehead atoms. The van der Waals surface area contributed by atoms with Crippen LogP contribution in [-0.4, -0.2) is 62.1 Å². The van der Waals surface area contributed by atoms with Crippen molar-refractivity contribution in [2.75, 3.05) is 46.3 Å². The zero-order valence-electron chi connectivity index (χ0n) is 17.8. The molecule has 2 fully saturated rings. The topological polar surface area (TPSA) is 56.0 Å². The van der Waals surface area contributed by atoms with E-state index in [1.54, 1.807) is 6.26 Å². The van der Waals surface area contributed by atoms with Crippen molar-refractivity contribution in [1.29, 1.82) is 0 Å². The van der Waals surface area contributed by atoms with Gasteiger partial charge in [0, 0.05) is 25.0 Å². The first-order chi connectivity index (χ1) is 14.3. The van der Waals surface area contributed by atoms with Gasteiger partial charge in [-0.3, -0.25) is 14.8 Å².